The first-order valence-corrected chi connectivity index (χ1v) is 7.11. The molecule has 19 heavy (non-hydrogen) atoms. The molecule has 3 nitrogen and oxygen atoms in total. The van der Waals surface area contributed by atoms with Crippen molar-refractivity contribution in [1.82, 2.24) is 4.90 Å². The smallest absolute Gasteiger partial charge is 0.176 e. The van der Waals surface area contributed by atoms with Crippen LogP contribution in [0.2, 0.25) is 10.0 Å². The maximum absolute atomic E-state index is 12.2. The second-order valence-corrected chi connectivity index (χ2v) is 5.85. The number of hydrogen-bond acceptors (Lipinski definition) is 3. The van der Waals surface area contributed by atoms with E-state index in [9.17, 15) is 9.90 Å². The second-order valence-electron chi connectivity index (χ2n) is 5.04. The molecule has 104 valence electrons. The lowest BCUT2D eigenvalue weighted by Gasteiger charge is -2.24. The van der Waals surface area contributed by atoms with E-state index in [1.165, 1.54) is 0 Å². The number of rotatable bonds is 4. The zero-order valence-corrected chi connectivity index (χ0v) is 12.3. The predicted molar refractivity (Wildman–Crippen MR) is 77.0 cm³/mol. The van der Waals surface area contributed by atoms with Crippen molar-refractivity contribution >= 4 is 29.0 Å². The topological polar surface area (TPSA) is 40.5 Å². The number of aliphatic hydroxyl groups excluding tert-OH is 1. The van der Waals surface area contributed by atoms with Crippen LogP contribution in [0.25, 0.3) is 0 Å². The van der Waals surface area contributed by atoms with Gasteiger partial charge in [-0.3, -0.25) is 9.69 Å². The van der Waals surface area contributed by atoms with E-state index in [-0.39, 0.29) is 18.4 Å². The molecule has 0 bridgehead atoms. The largest absolute Gasteiger partial charge is 0.395 e. The van der Waals surface area contributed by atoms with Gasteiger partial charge in [-0.2, -0.15) is 0 Å². The summed E-state index contributed by atoms with van der Waals surface area (Å²) >= 11 is 11.7. The highest BCUT2D eigenvalue weighted by molar-refractivity contribution is 6.42. The number of halogens is 2. The van der Waals surface area contributed by atoms with Crippen molar-refractivity contribution in [2.24, 2.45) is 5.92 Å². The lowest BCUT2D eigenvalue weighted by atomic mass is 10.0. The summed E-state index contributed by atoms with van der Waals surface area (Å²) in [6.07, 6.45) is 1.01. The molecule has 0 aromatic heterocycles. The lowest BCUT2D eigenvalue weighted by Crippen LogP contribution is -2.38. The third-order valence-electron chi connectivity index (χ3n) is 3.77. The van der Waals surface area contributed by atoms with Crippen molar-refractivity contribution in [2.75, 3.05) is 19.7 Å². The predicted octanol–water partition coefficient (Wildman–Crippen LogP) is 2.88. The van der Waals surface area contributed by atoms with Gasteiger partial charge in [0.05, 0.1) is 23.2 Å². The van der Waals surface area contributed by atoms with Gasteiger partial charge in [-0.05, 0) is 37.1 Å². The first-order chi connectivity index (χ1) is 9.02. The molecule has 1 aliphatic heterocycles. The Hall–Kier alpha value is -0.610. The first-order valence-electron chi connectivity index (χ1n) is 6.36. The lowest BCUT2D eigenvalue weighted by molar-refractivity contribution is 0.0866. The molecular formula is C14H17Cl2NO2. The molecule has 0 spiro atoms. The molecule has 1 aliphatic rings. The minimum absolute atomic E-state index is 0.00566. The molecule has 0 amide bonds. The SMILES string of the molecule is CC1CCN(CC(=O)c2ccc(Cl)c(Cl)c2)C1CO. The van der Waals surface area contributed by atoms with Gasteiger partial charge in [0.25, 0.3) is 0 Å². The number of ketones is 1. The van der Waals surface area contributed by atoms with E-state index in [2.05, 4.69) is 6.92 Å². The molecule has 2 rings (SSSR count). The van der Waals surface area contributed by atoms with Gasteiger partial charge in [0, 0.05) is 11.6 Å². The minimum atomic E-state index is 0.00566. The normalized spacial score (nSPS) is 23.8. The Morgan fingerprint density at radius 2 is 2.16 bits per heavy atom. The number of likely N-dealkylation sites (tertiary alicyclic amines) is 1. The van der Waals surface area contributed by atoms with Crippen LogP contribution in [-0.2, 0) is 0 Å². The van der Waals surface area contributed by atoms with Crippen LogP contribution >= 0.6 is 23.2 Å². The summed E-state index contributed by atoms with van der Waals surface area (Å²) in [6.45, 7) is 3.35. The van der Waals surface area contributed by atoms with Gasteiger partial charge in [-0.25, -0.2) is 0 Å². The number of nitrogens with zero attached hydrogens (tertiary/aromatic N) is 1. The van der Waals surface area contributed by atoms with E-state index in [1.54, 1.807) is 18.2 Å². The third-order valence-corrected chi connectivity index (χ3v) is 4.51. The van der Waals surface area contributed by atoms with Crippen molar-refractivity contribution in [3.05, 3.63) is 33.8 Å². The Balaban J connectivity index is 2.06. The first kappa shape index (κ1) is 14.8. The van der Waals surface area contributed by atoms with Gasteiger partial charge < -0.3 is 5.11 Å². The summed E-state index contributed by atoms with van der Waals surface area (Å²) in [5.74, 6) is 0.428. The number of aliphatic hydroxyl groups is 1. The van der Waals surface area contributed by atoms with Crippen molar-refractivity contribution in [1.29, 1.82) is 0 Å². The molecular weight excluding hydrogens is 285 g/mol. The molecule has 1 fully saturated rings. The summed E-state index contributed by atoms with van der Waals surface area (Å²) in [4.78, 5) is 14.2. The van der Waals surface area contributed by atoms with Gasteiger partial charge in [0.15, 0.2) is 5.78 Å². The highest BCUT2D eigenvalue weighted by Crippen LogP contribution is 2.25. The molecule has 2 atom stereocenters. The minimum Gasteiger partial charge on any atom is -0.395 e. The zero-order valence-electron chi connectivity index (χ0n) is 10.8. The average molecular weight is 302 g/mol. The summed E-state index contributed by atoms with van der Waals surface area (Å²) in [5, 5.41) is 10.2. The summed E-state index contributed by atoms with van der Waals surface area (Å²) in [6, 6.07) is 4.99. The quantitative estimate of drug-likeness (QED) is 0.870. The summed E-state index contributed by atoms with van der Waals surface area (Å²) < 4.78 is 0. The van der Waals surface area contributed by atoms with Crippen LogP contribution in [0, 0.1) is 5.92 Å². The molecule has 1 saturated heterocycles. The Labute approximate surface area is 123 Å². The molecule has 0 saturated carbocycles. The number of carbonyl (C=O) groups is 1. The van der Waals surface area contributed by atoms with Crippen LogP contribution in [0.15, 0.2) is 18.2 Å². The van der Waals surface area contributed by atoms with Gasteiger partial charge in [-0.15, -0.1) is 0 Å². The molecule has 1 N–H and O–H groups in total. The molecule has 1 aromatic carbocycles. The summed E-state index contributed by atoms with van der Waals surface area (Å²) in [5.41, 5.74) is 0.561. The van der Waals surface area contributed by atoms with Gasteiger partial charge >= 0.3 is 0 Å². The van der Waals surface area contributed by atoms with Crippen LogP contribution in [0.5, 0.6) is 0 Å². The highest BCUT2D eigenvalue weighted by atomic mass is 35.5. The number of hydrogen-bond donors (Lipinski definition) is 1. The van der Waals surface area contributed by atoms with E-state index in [4.69, 9.17) is 23.2 Å². The number of Topliss-reactive ketones (excluding diaryl/α,β-unsaturated/α-hetero) is 1. The second kappa shape index (κ2) is 6.23. The van der Waals surface area contributed by atoms with E-state index < -0.39 is 0 Å². The van der Waals surface area contributed by atoms with Gasteiger partial charge in [-0.1, -0.05) is 30.1 Å². The van der Waals surface area contributed by atoms with Crippen molar-refractivity contribution in [3.8, 4) is 0 Å². The number of carbonyl (C=O) groups excluding carboxylic acids is 1. The van der Waals surface area contributed by atoms with E-state index in [0.717, 1.165) is 13.0 Å². The zero-order chi connectivity index (χ0) is 14.0. The maximum Gasteiger partial charge on any atom is 0.176 e. The van der Waals surface area contributed by atoms with Crippen molar-refractivity contribution < 1.29 is 9.90 Å². The fourth-order valence-electron chi connectivity index (χ4n) is 2.52. The highest BCUT2D eigenvalue weighted by Gasteiger charge is 2.31. The fourth-order valence-corrected chi connectivity index (χ4v) is 2.82. The molecule has 0 aliphatic carbocycles. The molecule has 2 unspecified atom stereocenters. The van der Waals surface area contributed by atoms with Crippen LogP contribution < -0.4 is 0 Å². The van der Waals surface area contributed by atoms with Crippen LogP contribution in [0.1, 0.15) is 23.7 Å². The summed E-state index contributed by atoms with van der Waals surface area (Å²) in [7, 11) is 0. The Bertz CT molecular complexity index is 479. The van der Waals surface area contributed by atoms with Crippen molar-refractivity contribution in [2.45, 2.75) is 19.4 Å². The molecule has 1 aromatic rings. The Kier molecular flexibility index (Phi) is 4.85. The van der Waals surface area contributed by atoms with Crippen molar-refractivity contribution in [3.63, 3.8) is 0 Å². The van der Waals surface area contributed by atoms with E-state index >= 15 is 0 Å². The average Bonchev–Trinajstić information content (AvgIpc) is 2.73. The van der Waals surface area contributed by atoms with Gasteiger partial charge in [0.2, 0.25) is 0 Å². The Morgan fingerprint density at radius 3 is 2.79 bits per heavy atom. The van der Waals surface area contributed by atoms with Crippen LogP contribution in [0.3, 0.4) is 0 Å². The molecule has 5 heteroatoms. The van der Waals surface area contributed by atoms with E-state index in [1.807, 2.05) is 4.90 Å². The standard InChI is InChI=1S/C14H17Cl2NO2/c1-9-4-5-17(13(9)8-18)7-14(19)10-2-3-11(15)12(16)6-10/h2-3,6,9,13,18H,4-5,7-8H2,1H3. The maximum atomic E-state index is 12.2. The van der Waals surface area contributed by atoms with Crippen LogP contribution in [-0.4, -0.2) is 41.5 Å². The fraction of sp³-hybridized carbons (Fsp3) is 0.500. The van der Waals surface area contributed by atoms with E-state index in [0.29, 0.717) is 28.1 Å². The molecule has 1 heterocycles. The number of benzene rings is 1. The van der Waals surface area contributed by atoms with Gasteiger partial charge in [0.1, 0.15) is 0 Å². The Morgan fingerprint density at radius 1 is 1.42 bits per heavy atom. The van der Waals surface area contributed by atoms with Crippen LogP contribution in [0.4, 0.5) is 0 Å². The third kappa shape index (κ3) is 3.29. The molecule has 0 radical (unpaired) electrons. The monoisotopic (exact) mass is 301 g/mol.